The molecule has 1 heterocycles. The molecule has 0 atom stereocenters. The van der Waals surface area contributed by atoms with Crippen molar-refractivity contribution in [2.75, 3.05) is 16.8 Å². The zero-order valence-electron chi connectivity index (χ0n) is 17.6. The van der Waals surface area contributed by atoms with E-state index >= 15 is 0 Å². The average molecular weight is 412 g/mol. The fourth-order valence-electron chi connectivity index (χ4n) is 3.53. The summed E-state index contributed by atoms with van der Waals surface area (Å²) in [6.07, 6.45) is 0.913. The quantitative estimate of drug-likeness (QED) is 0.543. The predicted molar refractivity (Wildman–Crippen MR) is 123 cm³/mol. The molecule has 1 aliphatic rings. The molecule has 0 unspecified atom stereocenters. The Bertz CT molecular complexity index is 1130. The van der Waals surface area contributed by atoms with Gasteiger partial charge >= 0.3 is 0 Å². The molecule has 156 valence electrons. The van der Waals surface area contributed by atoms with E-state index in [-0.39, 0.29) is 17.5 Å². The van der Waals surface area contributed by atoms with Gasteiger partial charge in [0.2, 0.25) is 0 Å². The Morgan fingerprint density at radius 3 is 2.29 bits per heavy atom. The second kappa shape index (κ2) is 8.88. The van der Waals surface area contributed by atoms with Crippen LogP contribution in [0.1, 0.15) is 24.5 Å². The lowest BCUT2D eigenvalue weighted by Crippen LogP contribution is -2.32. The molecule has 0 saturated heterocycles. The number of ether oxygens (including phenoxy) is 1. The van der Waals surface area contributed by atoms with Crippen molar-refractivity contribution in [1.82, 2.24) is 0 Å². The van der Waals surface area contributed by atoms with Crippen molar-refractivity contribution >= 4 is 28.8 Å². The molecule has 0 fully saturated rings. The van der Waals surface area contributed by atoms with Crippen LogP contribution in [0.4, 0.5) is 11.4 Å². The summed E-state index contributed by atoms with van der Waals surface area (Å²) >= 11 is 0. The third-order valence-corrected chi connectivity index (χ3v) is 5.00. The molecule has 1 N–H and O–H groups in total. The summed E-state index contributed by atoms with van der Waals surface area (Å²) in [5.41, 5.74) is 3.63. The minimum absolute atomic E-state index is 0.265. The van der Waals surface area contributed by atoms with Gasteiger partial charge in [-0.15, -0.1) is 0 Å². The van der Waals surface area contributed by atoms with E-state index < -0.39 is 0 Å². The van der Waals surface area contributed by atoms with Gasteiger partial charge in [-0.1, -0.05) is 49.4 Å². The molecule has 0 aromatic heterocycles. The van der Waals surface area contributed by atoms with Gasteiger partial charge in [0.1, 0.15) is 11.4 Å². The maximum Gasteiger partial charge on any atom is 0.282 e. The first kappa shape index (κ1) is 20.4. The summed E-state index contributed by atoms with van der Waals surface area (Å²) in [6, 6.07) is 24.0. The maximum atomic E-state index is 13.4. The van der Waals surface area contributed by atoms with Gasteiger partial charge in [-0.3, -0.25) is 9.59 Å². The van der Waals surface area contributed by atoms with E-state index in [1.165, 1.54) is 4.90 Å². The third kappa shape index (κ3) is 4.21. The summed E-state index contributed by atoms with van der Waals surface area (Å²) in [7, 11) is 0. The van der Waals surface area contributed by atoms with Crippen LogP contribution in [-0.4, -0.2) is 18.4 Å². The van der Waals surface area contributed by atoms with Crippen molar-refractivity contribution in [3.63, 3.8) is 0 Å². The number of para-hydroxylation sites is 1. The molecule has 0 radical (unpaired) electrons. The largest absolute Gasteiger partial charge is 0.494 e. The smallest absolute Gasteiger partial charge is 0.282 e. The van der Waals surface area contributed by atoms with Gasteiger partial charge < -0.3 is 10.1 Å². The maximum absolute atomic E-state index is 13.4. The van der Waals surface area contributed by atoms with E-state index in [2.05, 4.69) is 5.32 Å². The lowest BCUT2D eigenvalue weighted by Gasteiger charge is -2.15. The highest BCUT2D eigenvalue weighted by atomic mass is 16.5. The van der Waals surface area contributed by atoms with Crippen molar-refractivity contribution < 1.29 is 14.3 Å². The molecule has 5 heteroatoms. The number of rotatable bonds is 7. The van der Waals surface area contributed by atoms with Crippen molar-refractivity contribution in [3.8, 4) is 5.75 Å². The van der Waals surface area contributed by atoms with Crippen LogP contribution in [-0.2, 0) is 9.59 Å². The molecule has 3 aromatic carbocycles. The van der Waals surface area contributed by atoms with E-state index in [4.69, 9.17) is 4.74 Å². The van der Waals surface area contributed by atoms with Crippen LogP contribution in [0.3, 0.4) is 0 Å². The molecule has 31 heavy (non-hydrogen) atoms. The van der Waals surface area contributed by atoms with E-state index in [1.54, 1.807) is 24.3 Å². The van der Waals surface area contributed by atoms with Gasteiger partial charge in [-0.25, -0.2) is 4.90 Å². The van der Waals surface area contributed by atoms with E-state index in [0.29, 0.717) is 23.4 Å². The Morgan fingerprint density at radius 1 is 0.871 bits per heavy atom. The molecular weight excluding hydrogens is 388 g/mol. The highest BCUT2D eigenvalue weighted by Crippen LogP contribution is 2.34. The predicted octanol–water partition coefficient (Wildman–Crippen LogP) is 5.18. The van der Waals surface area contributed by atoms with Gasteiger partial charge in [0.05, 0.1) is 17.9 Å². The number of nitrogens with zero attached hydrogens (tertiary/aromatic N) is 1. The SMILES string of the molecule is CCCOc1ccc(C2=C(Nc3cccc(C)c3)C(=O)N(c3ccccc3)C2=O)cc1. The minimum Gasteiger partial charge on any atom is -0.494 e. The summed E-state index contributed by atoms with van der Waals surface area (Å²) < 4.78 is 5.65. The molecule has 1 aliphatic heterocycles. The number of amides is 2. The van der Waals surface area contributed by atoms with Crippen LogP contribution in [0, 0.1) is 6.92 Å². The van der Waals surface area contributed by atoms with E-state index in [9.17, 15) is 9.59 Å². The van der Waals surface area contributed by atoms with Crippen molar-refractivity contribution in [1.29, 1.82) is 0 Å². The number of imide groups is 1. The van der Waals surface area contributed by atoms with Crippen LogP contribution < -0.4 is 15.0 Å². The standard InChI is InChI=1S/C26H24N2O3/c1-3-16-31-22-14-12-19(13-15-22)23-24(27-20-9-7-8-18(2)17-20)26(30)28(25(23)29)21-10-5-4-6-11-21/h4-15,17,27H,3,16H2,1-2H3. The molecule has 3 aromatic rings. The monoisotopic (exact) mass is 412 g/mol. The molecule has 0 aliphatic carbocycles. The van der Waals surface area contributed by atoms with Crippen LogP contribution in [0.15, 0.2) is 84.6 Å². The van der Waals surface area contributed by atoms with Crippen molar-refractivity contribution in [2.24, 2.45) is 0 Å². The van der Waals surface area contributed by atoms with Gasteiger partial charge in [0.15, 0.2) is 0 Å². The van der Waals surface area contributed by atoms with Crippen molar-refractivity contribution in [3.05, 3.63) is 95.7 Å². The Hall–Kier alpha value is -3.86. The zero-order chi connectivity index (χ0) is 21.8. The van der Waals surface area contributed by atoms with E-state index in [0.717, 1.165) is 23.4 Å². The fraction of sp³-hybridized carbons (Fsp3) is 0.154. The zero-order valence-corrected chi connectivity index (χ0v) is 17.6. The molecule has 0 spiro atoms. The second-order valence-electron chi connectivity index (χ2n) is 7.40. The molecule has 0 saturated carbocycles. The van der Waals surface area contributed by atoms with Crippen molar-refractivity contribution in [2.45, 2.75) is 20.3 Å². The molecule has 2 amide bonds. The molecule has 5 nitrogen and oxygen atoms in total. The molecular formula is C26H24N2O3. The first-order chi connectivity index (χ1) is 15.1. The number of hydrogen-bond acceptors (Lipinski definition) is 4. The summed E-state index contributed by atoms with van der Waals surface area (Å²) in [6.45, 7) is 4.65. The summed E-state index contributed by atoms with van der Waals surface area (Å²) in [4.78, 5) is 28.0. The number of benzene rings is 3. The Balaban J connectivity index is 1.76. The first-order valence-corrected chi connectivity index (χ1v) is 10.3. The van der Waals surface area contributed by atoms with Crippen LogP contribution >= 0.6 is 0 Å². The lowest BCUT2D eigenvalue weighted by atomic mass is 10.0. The minimum atomic E-state index is -0.376. The Labute approximate surface area is 182 Å². The fourth-order valence-corrected chi connectivity index (χ4v) is 3.53. The van der Waals surface area contributed by atoms with Gasteiger partial charge in [-0.05, 0) is 60.9 Å². The number of nitrogens with one attached hydrogen (secondary N) is 1. The summed E-state index contributed by atoms with van der Waals surface area (Å²) in [5, 5.41) is 3.20. The van der Waals surface area contributed by atoms with Gasteiger partial charge in [0, 0.05) is 5.69 Å². The van der Waals surface area contributed by atoms with Crippen LogP contribution in [0.5, 0.6) is 5.75 Å². The number of hydrogen-bond donors (Lipinski definition) is 1. The van der Waals surface area contributed by atoms with Gasteiger partial charge in [0.25, 0.3) is 11.8 Å². The normalized spacial score (nSPS) is 13.7. The number of carbonyl (C=O) groups excluding carboxylic acids is 2. The highest BCUT2D eigenvalue weighted by molar-refractivity contribution is 6.46. The third-order valence-electron chi connectivity index (χ3n) is 5.00. The second-order valence-corrected chi connectivity index (χ2v) is 7.40. The topological polar surface area (TPSA) is 58.6 Å². The number of anilines is 2. The first-order valence-electron chi connectivity index (χ1n) is 10.3. The molecule has 4 rings (SSSR count). The Morgan fingerprint density at radius 2 is 1.61 bits per heavy atom. The highest BCUT2D eigenvalue weighted by Gasteiger charge is 2.40. The number of carbonyl (C=O) groups is 2. The lowest BCUT2D eigenvalue weighted by molar-refractivity contribution is -0.120. The van der Waals surface area contributed by atoms with Gasteiger partial charge in [-0.2, -0.15) is 0 Å². The van der Waals surface area contributed by atoms with Crippen LogP contribution in [0.2, 0.25) is 0 Å². The Kier molecular flexibility index (Phi) is 5.85. The van der Waals surface area contributed by atoms with Crippen LogP contribution in [0.25, 0.3) is 5.57 Å². The molecule has 0 bridgehead atoms. The summed E-state index contributed by atoms with van der Waals surface area (Å²) in [5.74, 6) is 0.00340. The average Bonchev–Trinajstić information content (AvgIpc) is 3.02. The number of aryl methyl sites for hydroxylation is 1. The van der Waals surface area contributed by atoms with E-state index in [1.807, 2.05) is 68.4 Å².